The third-order valence-electron chi connectivity index (χ3n) is 2.97. The number of carbonyl (C=O) groups is 1. The predicted octanol–water partition coefficient (Wildman–Crippen LogP) is 2.27. The van der Waals surface area contributed by atoms with Crippen LogP contribution in [0, 0.1) is 17.2 Å². The van der Waals surface area contributed by atoms with E-state index < -0.39 is 0 Å². The number of hydrogen-bond donors (Lipinski definition) is 0. The molecule has 2 rings (SSSR count). The Morgan fingerprint density at radius 2 is 2.41 bits per heavy atom. The molecule has 0 aliphatic carbocycles. The molecule has 3 nitrogen and oxygen atoms in total. The van der Waals surface area contributed by atoms with Crippen LogP contribution in [-0.2, 0) is 4.79 Å². The lowest BCUT2D eigenvalue weighted by Gasteiger charge is -2.20. The quantitative estimate of drug-likeness (QED) is 0.804. The molecule has 1 fully saturated rings. The second-order valence-electron chi connectivity index (χ2n) is 4.12. The summed E-state index contributed by atoms with van der Waals surface area (Å²) in [5.41, 5.74) is 1.38. The molecule has 0 N–H and O–H groups in total. The average Bonchev–Trinajstić information content (AvgIpc) is 2.91. The Labute approximate surface area is 105 Å². The molecule has 1 unspecified atom stereocenters. The SMILES string of the molecule is CN(C(=O)C1CCSC1)c1cccc(C#N)c1. The number of anilines is 1. The lowest BCUT2D eigenvalue weighted by atomic mass is 10.1. The summed E-state index contributed by atoms with van der Waals surface area (Å²) in [5.74, 6) is 2.28. The van der Waals surface area contributed by atoms with Gasteiger partial charge in [-0.25, -0.2) is 0 Å². The minimum absolute atomic E-state index is 0.135. The molecule has 1 aromatic carbocycles. The third kappa shape index (κ3) is 2.62. The van der Waals surface area contributed by atoms with Crippen molar-refractivity contribution in [3.63, 3.8) is 0 Å². The van der Waals surface area contributed by atoms with Gasteiger partial charge in [-0.3, -0.25) is 4.79 Å². The van der Waals surface area contributed by atoms with E-state index in [9.17, 15) is 4.79 Å². The lowest BCUT2D eigenvalue weighted by molar-refractivity contribution is -0.121. The third-order valence-corrected chi connectivity index (χ3v) is 4.13. The van der Waals surface area contributed by atoms with E-state index in [-0.39, 0.29) is 11.8 Å². The summed E-state index contributed by atoms with van der Waals surface area (Å²) < 4.78 is 0. The zero-order valence-corrected chi connectivity index (χ0v) is 10.5. The Morgan fingerprint density at radius 1 is 1.59 bits per heavy atom. The van der Waals surface area contributed by atoms with Gasteiger partial charge in [-0.1, -0.05) is 6.07 Å². The fourth-order valence-electron chi connectivity index (χ4n) is 1.91. The Hall–Kier alpha value is -1.47. The van der Waals surface area contributed by atoms with Crippen LogP contribution in [-0.4, -0.2) is 24.5 Å². The zero-order valence-electron chi connectivity index (χ0n) is 9.72. The van der Waals surface area contributed by atoms with E-state index >= 15 is 0 Å². The van der Waals surface area contributed by atoms with Crippen molar-refractivity contribution in [2.75, 3.05) is 23.5 Å². The monoisotopic (exact) mass is 246 g/mol. The van der Waals surface area contributed by atoms with Crippen molar-refractivity contribution < 1.29 is 4.79 Å². The fraction of sp³-hybridized carbons (Fsp3) is 0.385. The topological polar surface area (TPSA) is 44.1 Å². The Balaban J connectivity index is 2.15. The van der Waals surface area contributed by atoms with Crippen molar-refractivity contribution in [2.24, 2.45) is 5.92 Å². The molecule has 1 aliphatic rings. The van der Waals surface area contributed by atoms with Gasteiger partial charge in [0.15, 0.2) is 0 Å². The number of rotatable bonds is 2. The fourth-order valence-corrected chi connectivity index (χ4v) is 3.13. The van der Waals surface area contributed by atoms with Gasteiger partial charge in [0.05, 0.1) is 11.6 Å². The van der Waals surface area contributed by atoms with Crippen LogP contribution in [0.3, 0.4) is 0 Å². The standard InChI is InChI=1S/C13H14N2OS/c1-15(13(16)11-5-6-17-9-11)12-4-2-3-10(7-12)8-14/h2-4,7,11H,5-6,9H2,1H3. The van der Waals surface area contributed by atoms with Crippen molar-refractivity contribution in [3.8, 4) is 6.07 Å². The van der Waals surface area contributed by atoms with Crippen LogP contribution < -0.4 is 4.90 Å². The molecule has 1 saturated heterocycles. The molecule has 1 aliphatic heterocycles. The van der Waals surface area contributed by atoms with E-state index in [1.165, 1.54) is 0 Å². The minimum Gasteiger partial charge on any atom is -0.315 e. The molecular formula is C13H14N2OS. The van der Waals surface area contributed by atoms with E-state index in [2.05, 4.69) is 6.07 Å². The van der Waals surface area contributed by atoms with Gasteiger partial charge in [0.2, 0.25) is 5.91 Å². The molecule has 1 heterocycles. The van der Waals surface area contributed by atoms with Gasteiger partial charge in [0, 0.05) is 24.4 Å². The van der Waals surface area contributed by atoms with E-state index in [0.29, 0.717) is 5.56 Å². The van der Waals surface area contributed by atoms with Crippen molar-refractivity contribution >= 4 is 23.4 Å². The predicted molar refractivity (Wildman–Crippen MR) is 70.0 cm³/mol. The van der Waals surface area contributed by atoms with Crippen LogP contribution in [0.5, 0.6) is 0 Å². The van der Waals surface area contributed by atoms with Crippen LogP contribution in [0.4, 0.5) is 5.69 Å². The Kier molecular flexibility index (Phi) is 3.70. The molecule has 1 amide bonds. The normalized spacial score (nSPS) is 18.7. The van der Waals surface area contributed by atoms with Crippen molar-refractivity contribution in [1.82, 2.24) is 0 Å². The highest BCUT2D eigenvalue weighted by atomic mass is 32.2. The molecule has 1 atom stereocenters. The molecular weight excluding hydrogens is 232 g/mol. The van der Waals surface area contributed by atoms with Crippen LogP contribution in [0.1, 0.15) is 12.0 Å². The first-order chi connectivity index (χ1) is 8.22. The molecule has 17 heavy (non-hydrogen) atoms. The Morgan fingerprint density at radius 3 is 3.06 bits per heavy atom. The largest absolute Gasteiger partial charge is 0.315 e. The van der Waals surface area contributed by atoms with Crippen LogP contribution >= 0.6 is 11.8 Å². The summed E-state index contributed by atoms with van der Waals surface area (Å²) in [6.07, 6.45) is 0.964. The maximum Gasteiger partial charge on any atom is 0.230 e. The highest BCUT2D eigenvalue weighted by Crippen LogP contribution is 2.26. The number of hydrogen-bond acceptors (Lipinski definition) is 3. The van der Waals surface area contributed by atoms with E-state index in [4.69, 9.17) is 5.26 Å². The first-order valence-corrected chi connectivity index (χ1v) is 6.73. The number of thioether (sulfide) groups is 1. The first-order valence-electron chi connectivity index (χ1n) is 5.58. The summed E-state index contributed by atoms with van der Waals surface area (Å²) in [7, 11) is 1.78. The van der Waals surface area contributed by atoms with Crippen LogP contribution in [0.25, 0.3) is 0 Å². The van der Waals surface area contributed by atoms with E-state index in [0.717, 1.165) is 23.6 Å². The molecule has 0 spiro atoms. The van der Waals surface area contributed by atoms with Gasteiger partial charge < -0.3 is 4.90 Å². The molecule has 0 radical (unpaired) electrons. The van der Waals surface area contributed by atoms with E-state index in [1.807, 2.05) is 17.8 Å². The van der Waals surface area contributed by atoms with E-state index in [1.54, 1.807) is 30.1 Å². The summed E-state index contributed by atoms with van der Waals surface area (Å²) in [6, 6.07) is 9.25. The number of carbonyl (C=O) groups excluding carboxylic acids is 1. The Bertz CT molecular complexity index is 461. The van der Waals surface area contributed by atoms with Crippen molar-refractivity contribution in [3.05, 3.63) is 29.8 Å². The first kappa shape index (κ1) is 12.0. The maximum absolute atomic E-state index is 12.2. The molecule has 88 valence electrons. The summed E-state index contributed by atoms with van der Waals surface area (Å²) in [5, 5.41) is 8.84. The van der Waals surface area contributed by atoms with Crippen LogP contribution in [0.2, 0.25) is 0 Å². The van der Waals surface area contributed by atoms with Gasteiger partial charge in [-0.2, -0.15) is 17.0 Å². The molecule has 1 aromatic rings. The molecule has 0 saturated carbocycles. The van der Waals surface area contributed by atoms with Crippen molar-refractivity contribution in [2.45, 2.75) is 6.42 Å². The second-order valence-corrected chi connectivity index (χ2v) is 5.27. The zero-order chi connectivity index (χ0) is 12.3. The smallest absolute Gasteiger partial charge is 0.230 e. The van der Waals surface area contributed by atoms with Gasteiger partial charge in [-0.15, -0.1) is 0 Å². The molecule has 0 bridgehead atoms. The van der Waals surface area contributed by atoms with Crippen LogP contribution in [0.15, 0.2) is 24.3 Å². The highest BCUT2D eigenvalue weighted by molar-refractivity contribution is 7.99. The molecule has 0 aromatic heterocycles. The molecule has 4 heteroatoms. The lowest BCUT2D eigenvalue weighted by Crippen LogP contribution is -2.32. The number of nitriles is 1. The average molecular weight is 246 g/mol. The number of amides is 1. The van der Waals surface area contributed by atoms with Gasteiger partial charge in [-0.05, 0) is 30.4 Å². The minimum atomic E-state index is 0.135. The highest BCUT2D eigenvalue weighted by Gasteiger charge is 2.26. The van der Waals surface area contributed by atoms with Crippen molar-refractivity contribution in [1.29, 1.82) is 5.26 Å². The van der Waals surface area contributed by atoms with Gasteiger partial charge in [0.25, 0.3) is 0 Å². The van der Waals surface area contributed by atoms with Gasteiger partial charge >= 0.3 is 0 Å². The summed E-state index contributed by atoms with van der Waals surface area (Å²) in [4.78, 5) is 13.8. The number of benzene rings is 1. The summed E-state index contributed by atoms with van der Waals surface area (Å²) in [6.45, 7) is 0. The summed E-state index contributed by atoms with van der Waals surface area (Å²) >= 11 is 1.83. The number of nitrogens with zero attached hydrogens (tertiary/aromatic N) is 2. The second kappa shape index (κ2) is 5.24. The van der Waals surface area contributed by atoms with Gasteiger partial charge in [0.1, 0.15) is 0 Å². The maximum atomic E-state index is 12.2.